The van der Waals surface area contributed by atoms with Crippen molar-refractivity contribution in [1.29, 1.82) is 0 Å². The van der Waals surface area contributed by atoms with Gasteiger partial charge in [-0.25, -0.2) is 0 Å². The van der Waals surface area contributed by atoms with Crippen molar-refractivity contribution in [3.05, 3.63) is 34.9 Å². The summed E-state index contributed by atoms with van der Waals surface area (Å²) < 4.78 is 0. The number of hydrogen-bond donors (Lipinski definition) is 1. The van der Waals surface area contributed by atoms with Gasteiger partial charge in [-0.3, -0.25) is 0 Å². The van der Waals surface area contributed by atoms with E-state index in [1.165, 1.54) is 5.56 Å². The molecule has 0 N–H and O–H groups in total. The highest BCUT2D eigenvalue weighted by Gasteiger charge is 2.17. The number of halogens is 1. The SMILES string of the molecule is CN(Cc1ccc(Cl)cc1)CC(C)(C)CS. The van der Waals surface area contributed by atoms with E-state index >= 15 is 0 Å². The predicted octanol–water partition coefficient (Wildman–Crippen LogP) is 3.73. The molecule has 1 aromatic rings. The maximum absolute atomic E-state index is 5.85. The molecule has 0 radical (unpaired) electrons. The fraction of sp³-hybridized carbons (Fsp3) is 0.538. The van der Waals surface area contributed by atoms with E-state index in [0.29, 0.717) is 0 Å². The van der Waals surface area contributed by atoms with Crippen LogP contribution in [0.15, 0.2) is 24.3 Å². The van der Waals surface area contributed by atoms with Gasteiger partial charge in [-0.1, -0.05) is 37.6 Å². The monoisotopic (exact) mass is 257 g/mol. The van der Waals surface area contributed by atoms with Gasteiger partial charge in [0.25, 0.3) is 0 Å². The van der Waals surface area contributed by atoms with Crippen LogP contribution >= 0.6 is 24.2 Å². The normalized spacial score (nSPS) is 12.1. The Morgan fingerprint density at radius 3 is 2.31 bits per heavy atom. The molecule has 0 aromatic heterocycles. The lowest BCUT2D eigenvalue weighted by Crippen LogP contribution is -2.32. The molecular formula is C13H20ClNS. The van der Waals surface area contributed by atoms with Gasteiger partial charge in [-0.05, 0) is 35.9 Å². The summed E-state index contributed by atoms with van der Waals surface area (Å²) in [6.45, 7) is 6.46. The molecule has 0 aliphatic carbocycles. The molecule has 1 nitrogen and oxygen atoms in total. The molecule has 3 heteroatoms. The first-order valence-electron chi connectivity index (χ1n) is 5.47. The van der Waals surface area contributed by atoms with Crippen molar-refractivity contribution in [2.75, 3.05) is 19.3 Å². The van der Waals surface area contributed by atoms with Gasteiger partial charge in [-0.15, -0.1) is 0 Å². The molecule has 0 heterocycles. The molecular weight excluding hydrogens is 238 g/mol. The Labute approximate surface area is 109 Å². The fourth-order valence-corrected chi connectivity index (χ4v) is 1.96. The Bertz CT molecular complexity index is 321. The van der Waals surface area contributed by atoms with Crippen molar-refractivity contribution in [2.24, 2.45) is 5.41 Å². The molecule has 1 rings (SSSR count). The quantitative estimate of drug-likeness (QED) is 0.787. The third-order valence-corrected chi connectivity index (χ3v) is 3.60. The van der Waals surface area contributed by atoms with Crippen LogP contribution in [0.1, 0.15) is 19.4 Å². The van der Waals surface area contributed by atoms with Crippen LogP contribution in [0.5, 0.6) is 0 Å². The van der Waals surface area contributed by atoms with Crippen LogP contribution in [-0.4, -0.2) is 24.2 Å². The minimum atomic E-state index is 0.254. The average molecular weight is 258 g/mol. The van der Waals surface area contributed by atoms with Crippen LogP contribution in [0.2, 0.25) is 5.02 Å². The number of benzene rings is 1. The maximum atomic E-state index is 5.85. The number of nitrogens with zero attached hydrogens (tertiary/aromatic N) is 1. The second-order valence-electron chi connectivity index (χ2n) is 5.12. The summed E-state index contributed by atoms with van der Waals surface area (Å²) in [5, 5.41) is 0.794. The molecule has 90 valence electrons. The molecule has 0 saturated heterocycles. The molecule has 0 amide bonds. The lowest BCUT2D eigenvalue weighted by molar-refractivity contribution is 0.225. The average Bonchev–Trinajstić information content (AvgIpc) is 2.21. The second kappa shape index (κ2) is 5.95. The minimum Gasteiger partial charge on any atom is -0.302 e. The molecule has 1 aromatic carbocycles. The molecule has 0 atom stereocenters. The third-order valence-electron chi connectivity index (χ3n) is 2.49. The van der Waals surface area contributed by atoms with Crippen molar-refractivity contribution >= 4 is 24.2 Å². The van der Waals surface area contributed by atoms with Gasteiger partial charge in [0.1, 0.15) is 0 Å². The van der Waals surface area contributed by atoms with E-state index in [4.69, 9.17) is 11.6 Å². The summed E-state index contributed by atoms with van der Waals surface area (Å²) >= 11 is 10.2. The van der Waals surface area contributed by atoms with Crippen LogP contribution in [0.25, 0.3) is 0 Å². The molecule has 0 fully saturated rings. The largest absolute Gasteiger partial charge is 0.302 e. The van der Waals surface area contributed by atoms with Crippen LogP contribution < -0.4 is 0 Å². The molecule has 16 heavy (non-hydrogen) atoms. The summed E-state index contributed by atoms with van der Waals surface area (Å²) in [4.78, 5) is 2.32. The van der Waals surface area contributed by atoms with Crippen LogP contribution in [-0.2, 0) is 6.54 Å². The Kier molecular flexibility index (Phi) is 5.16. The Balaban J connectivity index is 2.51. The van der Waals surface area contributed by atoms with Gasteiger partial charge in [0.05, 0.1) is 0 Å². The van der Waals surface area contributed by atoms with Gasteiger partial charge in [0.2, 0.25) is 0 Å². The fourth-order valence-electron chi connectivity index (χ4n) is 1.74. The highest BCUT2D eigenvalue weighted by Crippen LogP contribution is 2.19. The zero-order valence-corrected chi connectivity index (χ0v) is 11.9. The van der Waals surface area contributed by atoms with Gasteiger partial charge in [-0.2, -0.15) is 12.6 Å². The topological polar surface area (TPSA) is 3.24 Å². The second-order valence-corrected chi connectivity index (χ2v) is 5.87. The van der Waals surface area contributed by atoms with Gasteiger partial charge >= 0.3 is 0 Å². The highest BCUT2D eigenvalue weighted by molar-refractivity contribution is 7.80. The first kappa shape index (κ1) is 13.9. The predicted molar refractivity (Wildman–Crippen MR) is 75.4 cm³/mol. The number of hydrogen-bond acceptors (Lipinski definition) is 2. The molecule has 0 bridgehead atoms. The first-order valence-corrected chi connectivity index (χ1v) is 6.48. The van der Waals surface area contributed by atoms with Gasteiger partial charge in [0.15, 0.2) is 0 Å². The van der Waals surface area contributed by atoms with E-state index in [-0.39, 0.29) is 5.41 Å². The van der Waals surface area contributed by atoms with Crippen molar-refractivity contribution in [3.8, 4) is 0 Å². The van der Waals surface area contributed by atoms with E-state index in [0.717, 1.165) is 23.9 Å². The highest BCUT2D eigenvalue weighted by atomic mass is 35.5. The van der Waals surface area contributed by atoms with E-state index in [1.807, 2.05) is 12.1 Å². The summed E-state index contributed by atoms with van der Waals surface area (Å²) in [6.07, 6.45) is 0. The van der Waals surface area contributed by atoms with Crippen molar-refractivity contribution in [2.45, 2.75) is 20.4 Å². The number of thiol groups is 1. The summed E-state index contributed by atoms with van der Waals surface area (Å²) in [5.74, 6) is 0.901. The molecule has 0 spiro atoms. The Morgan fingerprint density at radius 2 is 1.81 bits per heavy atom. The third kappa shape index (κ3) is 4.77. The lowest BCUT2D eigenvalue weighted by Gasteiger charge is -2.28. The van der Waals surface area contributed by atoms with Gasteiger partial charge in [0, 0.05) is 18.1 Å². The Hall–Kier alpha value is -0.180. The van der Waals surface area contributed by atoms with Crippen molar-refractivity contribution in [1.82, 2.24) is 4.90 Å². The van der Waals surface area contributed by atoms with Crippen LogP contribution in [0, 0.1) is 5.41 Å². The van der Waals surface area contributed by atoms with E-state index < -0.39 is 0 Å². The molecule has 0 aliphatic rings. The van der Waals surface area contributed by atoms with E-state index in [9.17, 15) is 0 Å². The zero-order valence-electron chi connectivity index (χ0n) is 10.2. The molecule has 0 unspecified atom stereocenters. The Morgan fingerprint density at radius 1 is 1.25 bits per heavy atom. The maximum Gasteiger partial charge on any atom is 0.0406 e. The lowest BCUT2D eigenvalue weighted by atomic mass is 9.95. The molecule has 0 saturated carbocycles. The van der Waals surface area contributed by atoms with Crippen LogP contribution in [0.4, 0.5) is 0 Å². The minimum absolute atomic E-state index is 0.254. The first-order chi connectivity index (χ1) is 7.43. The van der Waals surface area contributed by atoms with E-state index in [2.05, 4.69) is 50.6 Å². The standard InChI is InChI=1S/C13H20ClNS/c1-13(2,10-16)9-15(3)8-11-4-6-12(14)7-5-11/h4-7,16H,8-10H2,1-3H3. The summed E-state index contributed by atoms with van der Waals surface area (Å²) in [5.41, 5.74) is 1.55. The van der Waals surface area contributed by atoms with Gasteiger partial charge < -0.3 is 4.90 Å². The summed E-state index contributed by atoms with van der Waals surface area (Å²) in [7, 11) is 2.14. The van der Waals surface area contributed by atoms with Crippen molar-refractivity contribution in [3.63, 3.8) is 0 Å². The molecule has 0 aliphatic heterocycles. The van der Waals surface area contributed by atoms with Crippen LogP contribution in [0.3, 0.4) is 0 Å². The van der Waals surface area contributed by atoms with E-state index in [1.54, 1.807) is 0 Å². The van der Waals surface area contributed by atoms with Crippen molar-refractivity contribution < 1.29 is 0 Å². The smallest absolute Gasteiger partial charge is 0.0406 e. The zero-order chi connectivity index (χ0) is 12.2. The summed E-state index contributed by atoms with van der Waals surface area (Å²) in [6, 6.07) is 8.03. The number of rotatable bonds is 5.